The quantitative estimate of drug-likeness (QED) is 0.820. The zero-order chi connectivity index (χ0) is 11.0. The molecule has 1 fully saturated rings. The molecule has 1 aliphatic rings. The third-order valence-electron chi connectivity index (χ3n) is 2.89. The molecule has 0 aliphatic heterocycles. The summed E-state index contributed by atoms with van der Waals surface area (Å²) in [6, 6.07) is 5.59. The Morgan fingerprint density at radius 1 is 1.53 bits per heavy atom. The first-order valence-electron chi connectivity index (χ1n) is 5.15. The van der Waals surface area contributed by atoms with Crippen LogP contribution in [0.1, 0.15) is 18.9 Å². The van der Waals surface area contributed by atoms with E-state index in [1.54, 1.807) is 6.07 Å². The second kappa shape index (κ2) is 3.86. The molecule has 1 aliphatic carbocycles. The number of benzene rings is 1. The maximum atomic E-state index is 11.6. The summed E-state index contributed by atoms with van der Waals surface area (Å²) < 4.78 is 0. The van der Waals surface area contributed by atoms with E-state index in [4.69, 9.17) is 11.6 Å². The number of carbonyl (C=O) groups is 1. The number of halogens is 1. The van der Waals surface area contributed by atoms with E-state index in [1.165, 1.54) is 0 Å². The highest BCUT2D eigenvalue weighted by Gasteiger charge is 2.39. The predicted molar refractivity (Wildman–Crippen MR) is 62.1 cm³/mol. The fourth-order valence-corrected chi connectivity index (χ4v) is 1.77. The first-order valence-corrected chi connectivity index (χ1v) is 5.52. The summed E-state index contributed by atoms with van der Waals surface area (Å²) in [4.78, 5) is 11.6. The minimum atomic E-state index is 0.113. The van der Waals surface area contributed by atoms with E-state index in [9.17, 15) is 4.79 Å². The lowest BCUT2D eigenvalue weighted by atomic mass is 10.2. The normalized spacial score (nSPS) is 23.7. The molecule has 0 aromatic heterocycles. The summed E-state index contributed by atoms with van der Waals surface area (Å²) in [5.74, 6) is 0.846. The van der Waals surface area contributed by atoms with Crippen molar-refractivity contribution in [3.63, 3.8) is 0 Å². The molecule has 1 aromatic carbocycles. The average molecular weight is 224 g/mol. The van der Waals surface area contributed by atoms with Gasteiger partial charge in [0.2, 0.25) is 5.91 Å². The molecule has 2 nitrogen and oxygen atoms in total. The minimum absolute atomic E-state index is 0.113. The summed E-state index contributed by atoms with van der Waals surface area (Å²) in [6.07, 6.45) is 1.01. The van der Waals surface area contributed by atoms with Gasteiger partial charge in [-0.2, -0.15) is 0 Å². The molecule has 0 spiro atoms. The van der Waals surface area contributed by atoms with Gasteiger partial charge in [0.1, 0.15) is 0 Å². The second-order valence-corrected chi connectivity index (χ2v) is 4.68. The van der Waals surface area contributed by atoms with Gasteiger partial charge in [0, 0.05) is 16.6 Å². The van der Waals surface area contributed by atoms with Crippen LogP contribution < -0.4 is 5.32 Å². The van der Waals surface area contributed by atoms with E-state index >= 15 is 0 Å². The Labute approximate surface area is 94.6 Å². The van der Waals surface area contributed by atoms with Crippen molar-refractivity contribution in [1.29, 1.82) is 0 Å². The van der Waals surface area contributed by atoms with Gasteiger partial charge in [0.25, 0.3) is 0 Å². The highest BCUT2D eigenvalue weighted by molar-refractivity contribution is 6.31. The number of nitrogens with one attached hydrogen (secondary N) is 1. The van der Waals surface area contributed by atoms with Gasteiger partial charge in [-0.05, 0) is 37.0 Å². The number of rotatable bonds is 2. The van der Waals surface area contributed by atoms with Crippen LogP contribution in [0.2, 0.25) is 5.02 Å². The van der Waals surface area contributed by atoms with Crippen LogP contribution in [0, 0.1) is 18.8 Å². The summed E-state index contributed by atoms with van der Waals surface area (Å²) in [5, 5.41) is 3.57. The van der Waals surface area contributed by atoms with Gasteiger partial charge in [-0.15, -0.1) is 0 Å². The van der Waals surface area contributed by atoms with E-state index in [0.717, 1.165) is 17.7 Å². The second-order valence-electron chi connectivity index (χ2n) is 4.27. The topological polar surface area (TPSA) is 29.1 Å². The number of anilines is 1. The molecule has 2 rings (SSSR count). The lowest BCUT2D eigenvalue weighted by Gasteiger charge is -2.06. The number of aryl methyl sites for hydroxylation is 1. The fourth-order valence-electron chi connectivity index (χ4n) is 1.59. The van der Waals surface area contributed by atoms with Gasteiger partial charge in [-0.3, -0.25) is 4.79 Å². The third-order valence-corrected chi connectivity index (χ3v) is 3.29. The van der Waals surface area contributed by atoms with Gasteiger partial charge in [-0.25, -0.2) is 0 Å². The van der Waals surface area contributed by atoms with Gasteiger partial charge in [-0.1, -0.05) is 24.6 Å². The first kappa shape index (κ1) is 10.5. The van der Waals surface area contributed by atoms with Gasteiger partial charge in [0.05, 0.1) is 0 Å². The maximum absolute atomic E-state index is 11.6. The highest BCUT2D eigenvalue weighted by Crippen LogP contribution is 2.38. The van der Waals surface area contributed by atoms with E-state index in [2.05, 4.69) is 12.2 Å². The third kappa shape index (κ3) is 2.32. The Hall–Kier alpha value is -1.02. The predicted octanol–water partition coefficient (Wildman–Crippen LogP) is 3.24. The lowest BCUT2D eigenvalue weighted by Crippen LogP contribution is -2.14. The molecule has 0 saturated heterocycles. The average Bonchev–Trinajstić information content (AvgIpc) is 2.89. The zero-order valence-corrected chi connectivity index (χ0v) is 9.64. The van der Waals surface area contributed by atoms with Crippen LogP contribution in [0.15, 0.2) is 18.2 Å². The van der Waals surface area contributed by atoms with Gasteiger partial charge < -0.3 is 5.32 Å². The van der Waals surface area contributed by atoms with Crippen molar-refractivity contribution in [3.8, 4) is 0 Å². The van der Waals surface area contributed by atoms with Gasteiger partial charge >= 0.3 is 0 Å². The molecule has 1 aromatic rings. The smallest absolute Gasteiger partial charge is 0.227 e. The van der Waals surface area contributed by atoms with Crippen molar-refractivity contribution in [2.45, 2.75) is 20.3 Å². The van der Waals surface area contributed by atoms with Crippen molar-refractivity contribution in [2.75, 3.05) is 5.32 Å². The van der Waals surface area contributed by atoms with E-state index in [1.807, 2.05) is 19.1 Å². The monoisotopic (exact) mass is 223 g/mol. The number of carbonyl (C=O) groups excluding carboxylic acids is 1. The molecule has 3 heteroatoms. The molecule has 1 N–H and O–H groups in total. The highest BCUT2D eigenvalue weighted by atomic mass is 35.5. The van der Waals surface area contributed by atoms with Crippen LogP contribution in [-0.2, 0) is 4.79 Å². The van der Waals surface area contributed by atoms with Crippen molar-refractivity contribution in [1.82, 2.24) is 0 Å². The molecule has 2 atom stereocenters. The number of amides is 1. The largest absolute Gasteiger partial charge is 0.326 e. The van der Waals surface area contributed by atoms with Crippen molar-refractivity contribution in [2.24, 2.45) is 11.8 Å². The maximum Gasteiger partial charge on any atom is 0.227 e. The van der Waals surface area contributed by atoms with E-state index in [-0.39, 0.29) is 11.8 Å². The van der Waals surface area contributed by atoms with Crippen LogP contribution in [0.25, 0.3) is 0 Å². The van der Waals surface area contributed by atoms with Crippen LogP contribution in [-0.4, -0.2) is 5.91 Å². The Bertz CT molecular complexity index is 403. The Morgan fingerprint density at radius 2 is 2.20 bits per heavy atom. The van der Waals surface area contributed by atoms with Crippen LogP contribution in [0.5, 0.6) is 0 Å². The molecule has 15 heavy (non-hydrogen) atoms. The molecular weight excluding hydrogens is 210 g/mol. The lowest BCUT2D eigenvalue weighted by molar-refractivity contribution is -0.117. The van der Waals surface area contributed by atoms with E-state index in [0.29, 0.717) is 10.9 Å². The summed E-state index contributed by atoms with van der Waals surface area (Å²) in [6.45, 7) is 4.03. The molecule has 1 saturated carbocycles. The molecule has 1 amide bonds. The summed E-state index contributed by atoms with van der Waals surface area (Å²) in [5.41, 5.74) is 1.81. The number of hydrogen-bond acceptors (Lipinski definition) is 1. The van der Waals surface area contributed by atoms with Crippen LogP contribution in [0.4, 0.5) is 5.69 Å². The molecule has 80 valence electrons. The Kier molecular flexibility index (Phi) is 2.70. The van der Waals surface area contributed by atoms with Crippen LogP contribution >= 0.6 is 11.6 Å². The first-order chi connectivity index (χ1) is 7.08. The number of hydrogen-bond donors (Lipinski definition) is 1. The SMILES string of the molecule is Cc1ccc(NC(=O)[C@H]2C[C@@H]2C)cc1Cl. The fraction of sp³-hybridized carbons (Fsp3) is 0.417. The standard InChI is InChI=1S/C12H14ClNO/c1-7-3-4-9(6-11(7)13)14-12(15)10-5-8(10)2/h3-4,6,8,10H,5H2,1-2H3,(H,14,15)/t8-,10-/m0/s1. The van der Waals surface area contributed by atoms with Crippen molar-refractivity contribution < 1.29 is 4.79 Å². The Balaban J connectivity index is 2.04. The molecule has 0 heterocycles. The molecule has 0 unspecified atom stereocenters. The summed E-state index contributed by atoms with van der Waals surface area (Å²) >= 11 is 5.97. The molecule has 0 radical (unpaired) electrons. The minimum Gasteiger partial charge on any atom is -0.326 e. The van der Waals surface area contributed by atoms with Crippen molar-refractivity contribution >= 4 is 23.2 Å². The molecule has 0 bridgehead atoms. The Morgan fingerprint density at radius 3 is 2.73 bits per heavy atom. The van der Waals surface area contributed by atoms with Crippen LogP contribution in [0.3, 0.4) is 0 Å². The van der Waals surface area contributed by atoms with Gasteiger partial charge in [0.15, 0.2) is 0 Å². The van der Waals surface area contributed by atoms with E-state index < -0.39 is 0 Å². The molecular formula is C12H14ClNO. The summed E-state index contributed by atoms with van der Waals surface area (Å²) in [7, 11) is 0. The van der Waals surface area contributed by atoms with Crippen molar-refractivity contribution in [3.05, 3.63) is 28.8 Å². The zero-order valence-electron chi connectivity index (χ0n) is 8.88.